The smallest absolute Gasteiger partial charge is 0.409 e. The Labute approximate surface area is 237 Å². The number of carbonyl (C=O) groups excluding carboxylic acids is 3. The highest BCUT2D eigenvalue weighted by Crippen LogP contribution is 2.43. The number of halogens is 1. The predicted molar refractivity (Wildman–Crippen MR) is 153 cm³/mol. The van der Waals surface area contributed by atoms with Gasteiger partial charge in [0.15, 0.2) is 0 Å². The normalized spacial score (nSPS) is 16.6. The topological polar surface area (TPSA) is 79.0 Å². The van der Waals surface area contributed by atoms with Crippen molar-refractivity contribution in [1.82, 2.24) is 10.2 Å². The fourth-order valence-corrected chi connectivity index (χ4v) is 5.81. The molecule has 5 rings (SSSR count). The van der Waals surface area contributed by atoms with Crippen molar-refractivity contribution in [1.29, 1.82) is 0 Å². The van der Waals surface area contributed by atoms with Crippen molar-refractivity contribution in [2.45, 2.75) is 37.2 Å². The molecule has 0 aromatic heterocycles. The maximum absolute atomic E-state index is 13.7. The number of likely N-dealkylation sites (tertiary alicyclic amines) is 1. The number of anilines is 1. The van der Waals surface area contributed by atoms with E-state index in [2.05, 4.69) is 5.32 Å². The highest BCUT2D eigenvalue weighted by molar-refractivity contribution is 8.04. The fourth-order valence-electron chi connectivity index (χ4n) is 4.77. The van der Waals surface area contributed by atoms with Crippen LogP contribution in [0.2, 0.25) is 0 Å². The number of carbonyl (C=O) groups is 3. The maximum atomic E-state index is 13.7. The van der Waals surface area contributed by atoms with Crippen molar-refractivity contribution in [2.75, 3.05) is 24.6 Å². The molecule has 9 heteroatoms. The minimum absolute atomic E-state index is 0.0686. The quantitative estimate of drug-likeness (QED) is 0.383. The highest BCUT2D eigenvalue weighted by atomic mass is 32.2. The van der Waals surface area contributed by atoms with Gasteiger partial charge in [0, 0.05) is 29.6 Å². The lowest BCUT2D eigenvalue weighted by Gasteiger charge is -2.32. The van der Waals surface area contributed by atoms with Crippen molar-refractivity contribution in [2.24, 2.45) is 0 Å². The molecule has 3 aromatic carbocycles. The van der Waals surface area contributed by atoms with Crippen molar-refractivity contribution in [3.05, 3.63) is 100 Å². The Kier molecular flexibility index (Phi) is 8.50. The highest BCUT2D eigenvalue weighted by Gasteiger charge is 2.31. The van der Waals surface area contributed by atoms with Crippen LogP contribution in [0.1, 0.15) is 41.3 Å². The maximum Gasteiger partial charge on any atom is 0.409 e. The standard InChI is InChI=1S/C31H30FN3O4S/c1-2-39-31(38)34-16-14-25(15-17-34)33-29(36)23-10-13-27-26(19-23)35(20-22-8-11-24(32)12-9-22)30(37)28(40-27)18-21-6-4-3-5-7-21/h3-13,18-19,25H,2,14-17,20H2,1H3,(H,33,36)/b28-18-. The number of thioether (sulfide) groups is 1. The summed E-state index contributed by atoms with van der Waals surface area (Å²) in [5, 5.41) is 3.08. The molecule has 0 saturated carbocycles. The van der Waals surface area contributed by atoms with Gasteiger partial charge in [0.25, 0.3) is 11.8 Å². The first-order valence-electron chi connectivity index (χ1n) is 13.3. The lowest BCUT2D eigenvalue weighted by atomic mass is 10.0. The largest absolute Gasteiger partial charge is 0.450 e. The van der Waals surface area contributed by atoms with Gasteiger partial charge in [0.2, 0.25) is 0 Å². The third-order valence-corrected chi connectivity index (χ3v) is 7.97. The molecule has 0 radical (unpaired) electrons. The zero-order valence-corrected chi connectivity index (χ0v) is 23.0. The second kappa shape index (κ2) is 12.4. The van der Waals surface area contributed by atoms with Crippen molar-refractivity contribution in [3.63, 3.8) is 0 Å². The number of ether oxygens (including phenoxy) is 1. The van der Waals surface area contributed by atoms with Crippen molar-refractivity contribution >= 4 is 41.4 Å². The van der Waals surface area contributed by atoms with Gasteiger partial charge in [-0.1, -0.05) is 54.2 Å². The van der Waals surface area contributed by atoms with Gasteiger partial charge in [0.05, 0.1) is 23.7 Å². The summed E-state index contributed by atoms with van der Waals surface area (Å²) in [5.41, 5.74) is 2.76. The number of rotatable bonds is 6. The SMILES string of the molecule is CCOC(=O)N1CCC(NC(=O)c2ccc3c(c2)N(Cc2ccc(F)cc2)C(=O)/C(=C/c2ccccc2)S3)CC1. The number of amides is 3. The lowest BCUT2D eigenvalue weighted by Crippen LogP contribution is -2.46. The third-order valence-electron chi connectivity index (χ3n) is 6.90. The van der Waals surface area contributed by atoms with Gasteiger partial charge in [0.1, 0.15) is 5.82 Å². The molecule has 1 fully saturated rings. The molecule has 7 nitrogen and oxygen atoms in total. The van der Waals surface area contributed by atoms with Crippen LogP contribution < -0.4 is 10.2 Å². The van der Waals surface area contributed by atoms with E-state index in [-0.39, 0.29) is 36.3 Å². The molecule has 3 aromatic rings. The number of benzene rings is 3. The third kappa shape index (κ3) is 6.37. The molecule has 1 saturated heterocycles. The zero-order valence-electron chi connectivity index (χ0n) is 22.1. The Morgan fingerprint density at radius 1 is 1.05 bits per heavy atom. The summed E-state index contributed by atoms with van der Waals surface area (Å²) in [6.07, 6.45) is 2.80. The average Bonchev–Trinajstić information content (AvgIpc) is 2.97. The Bertz CT molecular complexity index is 1420. The Hall–Kier alpha value is -4.11. The summed E-state index contributed by atoms with van der Waals surface area (Å²) in [5.74, 6) is -0.766. The fraction of sp³-hybridized carbons (Fsp3) is 0.258. The van der Waals surface area contributed by atoms with Gasteiger partial charge in [-0.3, -0.25) is 9.59 Å². The molecular weight excluding hydrogens is 529 g/mol. The van der Waals surface area contributed by atoms with E-state index in [0.29, 0.717) is 48.7 Å². The van der Waals surface area contributed by atoms with Crippen molar-refractivity contribution < 1.29 is 23.5 Å². The van der Waals surface area contributed by atoms with E-state index in [1.54, 1.807) is 41.0 Å². The molecule has 0 bridgehead atoms. The monoisotopic (exact) mass is 559 g/mol. The first kappa shape index (κ1) is 27.5. The van der Waals surface area contributed by atoms with Crippen LogP contribution >= 0.6 is 11.8 Å². The molecule has 0 unspecified atom stereocenters. The van der Waals surface area contributed by atoms with Crippen LogP contribution in [0.5, 0.6) is 0 Å². The van der Waals surface area contributed by atoms with Crippen LogP contribution in [0.25, 0.3) is 6.08 Å². The average molecular weight is 560 g/mol. The van der Waals surface area contributed by atoms with Gasteiger partial charge >= 0.3 is 6.09 Å². The van der Waals surface area contributed by atoms with Crippen LogP contribution in [0.3, 0.4) is 0 Å². The van der Waals surface area contributed by atoms with Crippen LogP contribution in [0, 0.1) is 5.82 Å². The minimum Gasteiger partial charge on any atom is -0.450 e. The van der Waals surface area contributed by atoms with Crippen LogP contribution in [-0.2, 0) is 16.1 Å². The second-order valence-electron chi connectivity index (χ2n) is 9.66. The molecule has 2 aliphatic heterocycles. The summed E-state index contributed by atoms with van der Waals surface area (Å²) < 4.78 is 18.6. The zero-order chi connectivity index (χ0) is 28.1. The van der Waals surface area contributed by atoms with E-state index in [1.807, 2.05) is 42.5 Å². The van der Waals surface area contributed by atoms with E-state index in [4.69, 9.17) is 4.74 Å². The molecule has 1 N–H and O–H groups in total. The van der Waals surface area contributed by atoms with Gasteiger partial charge in [-0.05, 0) is 67.3 Å². The van der Waals surface area contributed by atoms with Gasteiger partial charge in [-0.15, -0.1) is 0 Å². The first-order chi connectivity index (χ1) is 19.4. The summed E-state index contributed by atoms with van der Waals surface area (Å²) >= 11 is 1.37. The molecule has 0 atom stereocenters. The number of hydrogen-bond acceptors (Lipinski definition) is 5. The van der Waals surface area contributed by atoms with E-state index < -0.39 is 0 Å². The lowest BCUT2D eigenvalue weighted by molar-refractivity contribution is -0.114. The Balaban J connectivity index is 1.37. The summed E-state index contributed by atoms with van der Waals surface area (Å²) in [6.45, 7) is 3.37. The van der Waals surface area contributed by atoms with E-state index in [9.17, 15) is 18.8 Å². The summed E-state index contributed by atoms with van der Waals surface area (Å²) in [6, 6.07) is 21.0. The molecule has 2 aliphatic rings. The van der Waals surface area contributed by atoms with Gasteiger partial charge in [-0.25, -0.2) is 9.18 Å². The molecule has 0 spiro atoms. The predicted octanol–water partition coefficient (Wildman–Crippen LogP) is 5.86. The molecule has 2 heterocycles. The number of hydrogen-bond donors (Lipinski definition) is 1. The van der Waals surface area contributed by atoms with Crippen molar-refractivity contribution in [3.8, 4) is 0 Å². The molecule has 206 valence electrons. The molecule has 3 amide bonds. The van der Waals surface area contributed by atoms with Gasteiger partial charge < -0.3 is 19.9 Å². The Morgan fingerprint density at radius 3 is 2.48 bits per heavy atom. The Morgan fingerprint density at radius 2 is 1.77 bits per heavy atom. The summed E-state index contributed by atoms with van der Waals surface area (Å²) in [7, 11) is 0. The molecule has 40 heavy (non-hydrogen) atoms. The number of fused-ring (bicyclic) bond motifs is 1. The van der Waals surface area contributed by atoms with E-state index in [1.165, 1.54) is 23.9 Å². The van der Waals surface area contributed by atoms with Crippen LogP contribution in [0.4, 0.5) is 14.9 Å². The van der Waals surface area contributed by atoms with Gasteiger partial charge in [-0.2, -0.15) is 0 Å². The number of nitrogens with one attached hydrogen (secondary N) is 1. The second-order valence-corrected chi connectivity index (χ2v) is 10.7. The van der Waals surface area contributed by atoms with Crippen LogP contribution in [0.15, 0.2) is 82.6 Å². The molecular formula is C31H30FN3O4S. The van der Waals surface area contributed by atoms with E-state index >= 15 is 0 Å². The van der Waals surface area contributed by atoms with Crippen LogP contribution in [-0.4, -0.2) is 48.5 Å². The molecule has 0 aliphatic carbocycles. The first-order valence-corrected chi connectivity index (χ1v) is 14.1. The van der Waals surface area contributed by atoms with E-state index in [0.717, 1.165) is 16.0 Å². The number of nitrogens with zero attached hydrogens (tertiary/aromatic N) is 2. The number of piperidine rings is 1. The summed E-state index contributed by atoms with van der Waals surface area (Å²) in [4.78, 5) is 43.6. The minimum atomic E-state index is -0.346.